The quantitative estimate of drug-likeness (QED) is 0.269. The second kappa shape index (κ2) is 14.4. The number of aromatic carboxylic acids is 1. The van der Waals surface area contributed by atoms with Crippen LogP contribution in [-0.4, -0.2) is 28.1 Å². The highest BCUT2D eigenvalue weighted by Gasteiger charge is 2.16. The number of benzene rings is 4. The molecule has 0 spiro atoms. The normalized spacial score (nSPS) is 9.88. The molecule has 4 aromatic rings. The summed E-state index contributed by atoms with van der Waals surface area (Å²) in [5.74, 6) is -2.08. The predicted octanol–water partition coefficient (Wildman–Crippen LogP) is 6.72. The predicted molar refractivity (Wildman–Crippen MR) is 146 cm³/mol. The molecule has 0 radical (unpaired) electrons. The molecule has 0 aromatic heterocycles. The van der Waals surface area contributed by atoms with Gasteiger partial charge in [0.05, 0.1) is 12.2 Å². The van der Waals surface area contributed by atoms with Crippen LogP contribution in [0.2, 0.25) is 0 Å². The highest BCUT2D eigenvalue weighted by Crippen LogP contribution is 2.29. The molecular formula is C32H28F2O6. The van der Waals surface area contributed by atoms with Crippen molar-refractivity contribution in [3.8, 4) is 22.3 Å². The summed E-state index contributed by atoms with van der Waals surface area (Å²) in [6.07, 6.45) is 0.250. The van der Waals surface area contributed by atoms with Crippen LogP contribution in [0.15, 0.2) is 72.8 Å². The van der Waals surface area contributed by atoms with Gasteiger partial charge in [0.2, 0.25) is 0 Å². The largest absolute Gasteiger partial charge is 0.478 e. The summed E-state index contributed by atoms with van der Waals surface area (Å²) in [7, 11) is 0. The van der Waals surface area contributed by atoms with Crippen LogP contribution in [0.5, 0.6) is 0 Å². The molecule has 0 aliphatic rings. The summed E-state index contributed by atoms with van der Waals surface area (Å²) in [4.78, 5) is 38.9. The minimum Gasteiger partial charge on any atom is -0.478 e. The van der Waals surface area contributed by atoms with Crippen LogP contribution >= 0.6 is 0 Å². The maximum Gasteiger partial charge on any atom is 0.373 e. The van der Waals surface area contributed by atoms with Crippen molar-refractivity contribution >= 4 is 17.9 Å². The van der Waals surface area contributed by atoms with Crippen molar-refractivity contribution in [2.24, 2.45) is 0 Å². The van der Waals surface area contributed by atoms with Crippen LogP contribution in [0.1, 0.15) is 49.9 Å². The van der Waals surface area contributed by atoms with E-state index in [2.05, 4.69) is 0 Å². The number of hydrogen-bond donors (Lipinski definition) is 2. The minimum absolute atomic E-state index is 0.00649. The first-order valence-electron chi connectivity index (χ1n) is 12.0. The van der Waals surface area contributed by atoms with Crippen LogP contribution < -0.4 is 0 Å². The SMILES string of the molecule is CC(=O)c1cc(C(=O)O)ccc1-c1cc(C)ccc1F.Cc1ccc(F)c(-c2ccc(CO)cc2C)c1.O=C=O. The Morgan fingerprint density at radius 2 is 1.23 bits per heavy atom. The molecule has 0 bridgehead atoms. The van der Waals surface area contributed by atoms with Crippen molar-refractivity contribution in [3.63, 3.8) is 0 Å². The third kappa shape index (κ3) is 8.11. The Kier molecular flexibility index (Phi) is 11.3. The van der Waals surface area contributed by atoms with Gasteiger partial charge in [-0.05, 0) is 86.3 Å². The zero-order valence-corrected chi connectivity index (χ0v) is 22.4. The average Bonchev–Trinajstić information content (AvgIpc) is 2.92. The fourth-order valence-corrected chi connectivity index (χ4v) is 4.02. The Morgan fingerprint density at radius 3 is 1.68 bits per heavy atom. The Labute approximate surface area is 230 Å². The number of hydrogen-bond acceptors (Lipinski definition) is 5. The molecule has 40 heavy (non-hydrogen) atoms. The molecule has 0 saturated heterocycles. The van der Waals surface area contributed by atoms with Crippen molar-refractivity contribution in [1.82, 2.24) is 0 Å². The van der Waals surface area contributed by atoms with Gasteiger partial charge >= 0.3 is 12.1 Å². The van der Waals surface area contributed by atoms with Gasteiger partial charge in [0.25, 0.3) is 0 Å². The van der Waals surface area contributed by atoms with Gasteiger partial charge in [-0.1, -0.05) is 47.5 Å². The van der Waals surface area contributed by atoms with Crippen molar-refractivity contribution in [2.45, 2.75) is 34.3 Å². The number of aryl methyl sites for hydroxylation is 3. The van der Waals surface area contributed by atoms with Crippen molar-refractivity contribution in [2.75, 3.05) is 0 Å². The fourth-order valence-electron chi connectivity index (χ4n) is 4.02. The summed E-state index contributed by atoms with van der Waals surface area (Å²) in [5, 5.41) is 18.0. The second-order valence-electron chi connectivity index (χ2n) is 8.98. The van der Waals surface area contributed by atoms with Gasteiger partial charge in [-0.3, -0.25) is 4.79 Å². The Bertz CT molecular complexity index is 1570. The van der Waals surface area contributed by atoms with Crippen molar-refractivity contribution < 1.29 is 38.2 Å². The number of aliphatic hydroxyl groups is 1. The lowest BCUT2D eigenvalue weighted by atomic mass is 9.94. The van der Waals surface area contributed by atoms with Crippen molar-refractivity contribution in [3.05, 3.63) is 118 Å². The Morgan fingerprint density at radius 1 is 0.725 bits per heavy atom. The number of halogens is 2. The van der Waals surface area contributed by atoms with Gasteiger partial charge in [-0.2, -0.15) is 9.59 Å². The van der Waals surface area contributed by atoms with E-state index in [1.54, 1.807) is 18.2 Å². The van der Waals surface area contributed by atoms with Gasteiger partial charge < -0.3 is 10.2 Å². The van der Waals surface area contributed by atoms with Gasteiger partial charge in [0.15, 0.2) is 5.78 Å². The lowest BCUT2D eigenvalue weighted by Gasteiger charge is -2.10. The van der Waals surface area contributed by atoms with Crippen LogP contribution in [-0.2, 0) is 16.2 Å². The van der Waals surface area contributed by atoms with E-state index in [0.717, 1.165) is 27.8 Å². The van der Waals surface area contributed by atoms with Gasteiger partial charge in [0, 0.05) is 16.7 Å². The van der Waals surface area contributed by atoms with E-state index >= 15 is 0 Å². The first-order valence-corrected chi connectivity index (χ1v) is 12.0. The zero-order valence-electron chi connectivity index (χ0n) is 22.4. The summed E-state index contributed by atoms with van der Waals surface area (Å²) in [6, 6.07) is 19.4. The summed E-state index contributed by atoms with van der Waals surface area (Å²) < 4.78 is 27.7. The molecule has 2 N–H and O–H groups in total. The van der Waals surface area contributed by atoms with E-state index in [4.69, 9.17) is 19.8 Å². The first-order chi connectivity index (χ1) is 18.9. The summed E-state index contributed by atoms with van der Waals surface area (Å²) >= 11 is 0. The topological polar surface area (TPSA) is 109 Å². The van der Waals surface area contributed by atoms with E-state index in [0.29, 0.717) is 16.7 Å². The van der Waals surface area contributed by atoms with Gasteiger partial charge in [-0.25, -0.2) is 13.6 Å². The molecule has 4 rings (SSSR count). The lowest BCUT2D eigenvalue weighted by molar-refractivity contribution is -0.191. The monoisotopic (exact) mass is 546 g/mol. The zero-order chi connectivity index (χ0) is 30.0. The molecule has 0 amide bonds. The standard InChI is InChI=1S/C16H13FO3.C15H15FO.CO2/c1-9-3-6-15(17)14(7-9)12-5-4-11(16(19)20)8-13(12)10(2)18;1-10-3-6-15(16)14(7-10)13-5-4-12(9-17)8-11(13)2;2-1-3/h3-8H,1-2H3,(H,19,20);3-8,17H,9H2,1-2H3;. The maximum atomic E-state index is 13.9. The Balaban J connectivity index is 0.000000258. The number of ketones is 1. The number of carbonyl (C=O) groups is 2. The molecule has 0 aliphatic carbocycles. The highest BCUT2D eigenvalue weighted by atomic mass is 19.1. The smallest absolute Gasteiger partial charge is 0.373 e. The molecule has 4 aromatic carbocycles. The van der Waals surface area contributed by atoms with Crippen LogP contribution in [0.4, 0.5) is 8.78 Å². The van der Waals surface area contributed by atoms with Gasteiger partial charge in [0.1, 0.15) is 11.6 Å². The number of rotatable bonds is 5. The number of carboxylic acid groups (broad SMARTS) is 1. The number of Topliss-reactive ketones (excluding diaryl/α,β-unsaturated/α-hetero) is 1. The molecule has 206 valence electrons. The van der Waals surface area contributed by atoms with Crippen molar-refractivity contribution in [1.29, 1.82) is 0 Å². The molecule has 0 saturated carbocycles. The van der Waals surface area contributed by atoms with Crippen LogP contribution in [0, 0.1) is 32.4 Å². The third-order valence-electron chi connectivity index (χ3n) is 5.94. The summed E-state index contributed by atoms with van der Waals surface area (Å²) in [6.45, 7) is 7.04. The minimum atomic E-state index is -1.12. The molecule has 0 fully saturated rings. The fraction of sp³-hybridized carbons (Fsp3) is 0.156. The lowest BCUT2D eigenvalue weighted by Crippen LogP contribution is -2.03. The van der Waals surface area contributed by atoms with E-state index in [-0.39, 0.29) is 35.5 Å². The third-order valence-corrected chi connectivity index (χ3v) is 5.94. The number of carbonyl (C=O) groups excluding carboxylic acids is 3. The molecule has 0 aliphatic heterocycles. The molecule has 0 atom stereocenters. The summed E-state index contributed by atoms with van der Waals surface area (Å²) in [5.41, 5.74) is 6.12. The van der Waals surface area contributed by atoms with E-state index < -0.39 is 11.8 Å². The maximum absolute atomic E-state index is 13.9. The molecule has 8 heteroatoms. The molecular weight excluding hydrogens is 518 g/mol. The van der Waals surface area contributed by atoms with E-state index in [9.17, 15) is 18.4 Å². The van der Waals surface area contributed by atoms with Crippen LogP contribution in [0.3, 0.4) is 0 Å². The average molecular weight is 547 g/mol. The second-order valence-corrected chi connectivity index (χ2v) is 8.98. The molecule has 0 unspecified atom stereocenters. The molecule has 6 nitrogen and oxygen atoms in total. The molecule has 0 heterocycles. The number of carboxylic acids is 1. The van der Waals surface area contributed by atoms with Crippen LogP contribution in [0.25, 0.3) is 22.3 Å². The van der Waals surface area contributed by atoms with Gasteiger partial charge in [-0.15, -0.1) is 0 Å². The van der Waals surface area contributed by atoms with E-state index in [1.165, 1.54) is 37.3 Å². The number of aliphatic hydroxyl groups excluding tert-OH is 1. The highest BCUT2D eigenvalue weighted by molar-refractivity contribution is 6.03. The first kappa shape index (κ1) is 31.4. The Hall–Kier alpha value is -4.78. The van der Waals surface area contributed by atoms with E-state index in [1.807, 2.05) is 45.0 Å².